The van der Waals surface area contributed by atoms with Gasteiger partial charge in [-0.3, -0.25) is 0 Å². The minimum absolute atomic E-state index is 0.163. The molecule has 0 atom stereocenters. The van der Waals surface area contributed by atoms with Crippen LogP contribution in [0, 0.1) is 11.6 Å². The van der Waals surface area contributed by atoms with Gasteiger partial charge in [0, 0.05) is 11.4 Å². The minimum Gasteiger partial charge on any atom is -0.207 e. The second-order valence-electron chi connectivity index (χ2n) is 4.45. The molecule has 0 bridgehead atoms. The average Bonchev–Trinajstić information content (AvgIpc) is 2.27. The number of sulfonamides is 1. The van der Waals surface area contributed by atoms with Crippen molar-refractivity contribution in [3.8, 4) is 0 Å². The second-order valence-corrected chi connectivity index (χ2v) is 6.40. The monoisotopic (exact) mass is 295 g/mol. The lowest BCUT2D eigenvalue weighted by Crippen LogP contribution is -2.54. The third kappa shape index (κ3) is 2.50. The second kappa shape index (κ2) is 4.75. The standard InChI is InChI=1S/C11H12ClF2NO2S/c12-7-11(4-1-5-11)15-18(16,17)8-2-3-9(13)10(14)6-8/h2-3,6,15H,1,4-5,7H2. The van der Waals surface area contributed by atoms with Crippen LogP contribution in [0.3, 0.4) is 0 Å². The number of benzene rings is 1. The third-order valence-corrected chi connectivity index (χ3v) is 5.21. The molecule has 3 nitrogen and oxygen atoms in total. The number of rotatable bonds is 4. The normalized spacial score (nSPS) is 18.4. The molecular formula is C11H12ClF2NO2S. The van der Waals surface area contributed by atoms with E-state index in [0.717, 1.165) is 18.6 Å². The predicted octanol–water partition coefficient (Wildman–Crippen LogP) is 2.40. The van der Waals surface area contributed by atoms with Crippen molar-refractivity contribution in [1.82, 2.24) is 4.72 Å². The number of hydrogen-bond donors (Lipinski definition) is 1. The maximum atomic E-state index is 13.0. The summed E-state index contributed by atoms with van der Waals surface area (Å²) in [7, 11) is -3.87. The summed E-state index contributed by atoms with van der Waals surface area (Å²) >= 11 is 5.75. The molecule has 0 amide bonds. The number of nitrogens with one attached hydrogen (secondary N) is 1. The van der Waals surface area contributed by atoms with E-state index in [4.69, 9.17) is 11.6 Å². The van der Waals surface area contributed by atoms with Crippen LogP contribution >= 0.6 is 11.6 Å². The minimum atomic E-state index is -3.87. The molecule has 1 aromatic carbocycles. The first-order valence-corrected chi connectivity index (χ1v) is 7.45. The van der Waals surface area contributed by atoms with Crippen LogP contribution < -0.4 is 4.72 Å². The summed E-state index contributed by atoms with van der Waals surface area (Å²) in [6, 6.07) is 2.48. The van der Waals surface area contributed by atoms with Crippen molar-refractivity contribution in [3.05, 3.63) is 29.8 Å². The first kappa shape index (κ1) is 13.7. The van der Waals surface area contributed by atoms with Crippen LogP contribution in [0.4, 0.5) is 8.78 Å². The number of halogens is 3. The average molecular weight is 296 g/mol. The van der Waals surface area contributed by atoms with E-state index < -0.39 is 27.2 Å². The Labute approximate surface area is 109 Å². The highest BCUT2D eigenvalue weighted by molar-refractivity contribution is 7.89. The van der Waals surface area contributed by atoms with E-state index in [-0.39, 0.29) is 10.8 Å². The van der Waals surface area contributed by atoms with Crippen molar-refractivity contribution in [2.24, 2.45) is 0 Å². The highest BCUT2D eigenvalue weighted by Crippen LogP contribution is 2.34. The van der Waals surface area contributed by atoms with Gasteiger partial charge in [0.1, 0.15) is 0 Å². The quantitative estimate of drug-likeness (QED) is 0.867. The van der Waals surface area contributed by atoms with Crippen molar-refractivity contribution in [3.63, 3.8) is 0 Å². The molecule has 2 rings (SSSR count). The highest BCUT2D eigenvalue weighted by atomic mass is 35.5. The topological polar surface area (TPSA) is 46.2 Å². The first-order chi connectivity index (χ1) is 8.38. The van der Waals surface area contributed by atoms with Crippen molar-refractivity contribution in [2.75, 3.05) is 5.88 Å². The van der Waals surface area contributed by atoms with Crippen LogP contribution in [0.5, 0.6) is 0 Å². The van der Waals surface area contributed by atoms with E-state index in [0.29, 0.717) is 18.9 Å². The lowest BCUT2D eigenvalue weighted by Gasteiger charge is -2.40. The lowest BCUT2D eigenvalue weighted by molar-refractivity contribution is 0.252. The summed E-state index contributed by atoms with van der Waals surface area (Å²) in [4.78, 5) is -0.294. The highest BCUT2D eigenvalue weighted by Gasteiger charge is 2.40. The van der Waals surface area contributed by atoms with Gasteiger partial charge >= 0.3 is 0 Å². The molecule has 0 aliphatic heterocycles. The Morgan fingerprint density at radius 3 is 2.39 bits per heavy atom. The smallest absolute Gasteiger partial charge is 0.207 e. The molecular weight excluding hydrogens is 284 g/mol. The van der Waals surface area contributed by atoms with Crippen LogP contribution in [0.25, 0.3) is 0 Å². The summed E-state index contributed by atoms with van der Waals surface area (Å²) in [5, 5.41) is 0. The Morgan fingerprint density at radius 2 is 1.94 bits per heavy atom. The summed E-state index contributed by atoms with van der Waals surface area (Å²) < 4.78 is 52.3. The SMILES string of the molecule is O=S(=O)(NC1(CCl)CCC1)c1ccc(F)c(F)c1. The molecule has 1 aromatic rings. The Morgan fingerprint density at radius 1 is 1.28 bits per heavy atom. The molecule has 0 unspecified atom stereocenters. The third-order valence-electron chi connectivity index (χ3n) is 3.12. The zero-order chi connectivity index (χ0) is 13.4. The van der Waals surface area contributed by atoms with Gasteiger partial charge in [-0.15, -0.1) is 11.6 Å². The van der Waals surface area contributed by atoms with Crippen molar-refractivity contribution < 1.29 is 17.2 Å². The van der Waals surface area contributed by atoms with E-state index in [1.807, 2.05) is 0 Å². The Hall–Kier alpha value is -0.720. The molecule has 1 aliphatic rings. The molecule has 100 valence electrons. The largest absolute Gasteiger partial charge is 0.241 e. The van der Waals surface area contributed by atoms with E-state index in [2.05, 4.69) is 4.72 Å². The lowest BCUT2D eigenvalue weighted by atomic mass is 9.79. The van der Waals surface area contributed by atoms with Gasteiger partial charge in [-0.05, 0) is 37.5 Å². The van der Waals surface area contributed by atoms with Gasteiger partial charge in [0.15, 0.2) is 11.6 Å². The van der Waals surface area contributed by atoms with Crippen molar-refractivity contribution in [2.45, 2.75) is 29.7 Å². The molecule has 0 radical (unpaired) electrons. The molecule has 7 heteroatoms. The summed E-state index contributed by atoms with van der Waals surface area (Å²) in [5.41, 5.74) is -0.648. The van der Waals surface area contributed by atoms with Gasteiger partial charge in [0.25, 0.3) is 0 Å². The molecule has 0 saturated heterocycles. The maximum Gasteiger partial charge on any atom is 0.241 e. The molecule has 0 spiro atoms. The van der Waals surface area contributed by atoms with E-state index >= 15 is 0 Å². The molecule has 1 saturated carbocycles. The molecule has 0 aromatic heterocycles. The Bertz CT molecular complexity index is 553. The fourth-order valence-corrected chi connectivity index (χ4v) is 3.74. The zero-order valence-electron chi connectivity index (χ0n) is 9.42. The maximum absolute atomic E-state index is 13.0. The van der Waals surface area contributed by atoms with Crippen molar-refractivity contribution >= 4 is 21.6 Å². The molecule has 1 aliphatic carbocycles. The van der Waals surface area contributed by atoms with Gasteiger partial charge in [-0.2, -0.15) is 0 Å². The zero-order valence-corrected chi connectivity index (χ0v) is 11.0. The van der Waals surface area contributed by atoms with Gasteiger partial charge in [-0.1, -0.05) is 0 Å². The number of alkyl halides is 1. The van der Waals surface area contributed by atoms with Gasteiger partial charge in [0.05, 0.1) is 4.90 Å². The predicted molar refractivity (Wildman–Crippen MR) is 64.0 cm³/mol. The van der Waals surface area contributed by atoms with Gasteiger partial charge in [-0.25, -0.2) is 21.9 Å². The summed E-state index contributed by atoms with van der Waals surface area (Å²) in [5.74, 6) is -2.10. The van der Waals surface area contributed by atoms with Crippen molar-refractivity contribution in [1.29, 1.82) is 0 Å². The fraction of sp³-hybridized carbons (Fsp3) is 0.455. The first-order valence-electron chi connectivity index (χ1n) is 5.44. The molecule has 18 heavy (non-hydrogen) atoms. The van der Waals surface area contributed by atoms with Crippen LogP contribution in [0.1, 0.15) is 19.3 Å². The molecule has 1 fully saturated rings. The summed E-state index contributed by atoms with van der Waals surface area (Å²) in [6.45, 7) is 0. The van der Waals surface area contributed by atoms with Crippen LogP contribution in [0.15, 0.2) is 23.1 Å². The van der Waals surface area contributed by atoms with E-state index in [1.54, 1.807) is 0 Å². The van der Waals surface area contributed by atoms with E-state index in [1.165, 1.54) is 0 Å². The fourth-order valence-electron chi connectivity index (χ4n) is 1.85. The van der Waals surface area contributed by atoms with Crippen LogP contribution in [-0.4, -0.2) is 19.8 Å². The van der Waals surface area contributed by atoms with Gasteiger partial charge in [0.2, 0.25) is 10.0 Å². The van der Waals surface area contributed by atoms with E-state index in [9.17, 15) is 17.2 Å². The molecule has 0 heterocycles. The molecule has 1 N–H and O–H groups in total. The van der Waals surface area contributed by atoms with Gasteiger partial charge < -0.3 is 0 Å². The Kier molecular flexibility index (Phi) is 3.62. The van der Waals surface area contributed by atoms with Crippen LogP contribution in [-0.2, 0) is 10.0 Å². The van der Waals surface area contributed by atoms with Crippen LogP contribution in [0.2, 0.25) is 0 Å². The summed E-state index contributed by atoms with van der Waals surface area (Å²) in [6.07, 6.45) is 2.20. The Balaban J connectivity index is 2.28. The number of hydrogen-bond acceptors (Lipinski definition) is 2.